The summed E-state index contributed by atoms with van der Waals surface area (Å²) in [7, 11) is 0. The number of amides is 1. The van der Waals surface area contributed by atoms with Crippen molar-refractivity contribution in [1.29, 1.82) is 0 Å². The minimum atomic E-state index is -0.462. The maximum Gasteiger partial charge on any atom is 0.275 e. The maximum atomic E-state index is 11.8. The van der Waals surface area contributed by atoms with Crippen molar-refractivity contribution in [3.05, 3.63) is 54.6 Å². The highest BCUT2D eigenvalue weighted by Crippen LogP contribution is 2.24. The monoisotopic (exact) mass is 240 g/mol. The molecule has 0 fully saturated rings. The molecule has 0 heterocycles. The van der Waals surface area contributed by atoms with Gasteiger partial charge in [-0.05, 0) is 29.0 Å². The second kappa shape index (κ2) is 5.14. The molecule has 0 atom stereocenters. The van der Waals surface area contributed by atoms with Gasteiger partial charge in [-0.2, -0.15) is 5.10 Å². The van der Waals surface area contributed by atoms with Crippen molar-refractivity contribution in [2.45, 2.75) is 0 Å². The topological polar surface area (TPSA) is 61.7 Å². The van der Waals surface area contributed by atoms with Crippen molar-refractivity contribution >= 4 is 22.9 Å². The molecule has 0 aromatic heterocycles. The lowest BCUT2D eigenvalue weighted by Crippen LogP contribution is -2.17. The molecule has 0 bridgehead atoms. The number of aromatic hydroxyl groups is 1. The number of fused-ring (bicyclic) bond motifs is 1. The Bertz CT molecular complexity index is 633. The van der Waals surface area contributed by atoms with Crippen LogP contribution in [0, 0.1) is 0 Å². The van der Waals surface area contributed by atoms with Gasteiger partial charge in [-0.15, -0.1) is 0 Å². The summed E-state index contributed by atoms with van der Waals surface area (Å²) in [5, 5.41) is 15.2. The third kappa shape index (κ3) is 2.38. The summed E-state index contributed by atoms with van der Waals surface area (Å²) in [5.74, 6) is -0.531. The van der Waals surface area contributed by atoms with Crippen LogP contribution in [-0.2, 0) is 0 Å². The van der Waals surface area contributed by atoms with Crippen molar-refractivity contribution < 1.29 is 9.90 Å². The molecule has 0 aliphatic heterocycles. The van der Waals surface area contributed by atoms with E-state index in [1.807, 2.05) is 24.3 Å². The molecule has 0 saturated carbocycles. The Balaban J connectivity index is 2.38. The molecule has 0 aliphatic carbocycles. The normalized spacial score (nSPS) is 10.7. The molecular formula is C14H12N2O2. The highest BCUT2D eigenvalue weighted by molar-refractivity contribution is 6.01. The minimum Gasteiger partial charge on any atom is -0.507 e. The molecule has 0 unspecified atom stereocenters. The zero-order chi connectivity index (χ0) is 13.0. The Labute approximate surface area is 104 Å². The highest BCUT2D eigenvalue weighted by atomic mass is 16.3. The molecule has 0 saturated heterocycles. The van der Waals surface area contributed by atoms with E-state index >= 15 is 0 Å². The van der Waals surface area contributed by atoms with Crippen LogP contribution in [0.4, 0.5) is 0 Å². The Hall–Kier alpha value is -2.62. The van der Waals surface area contributed by atoms with E-state index < -0.39 is 5.91 Å². The molecule has 0 spiro atoms. The van der Waals surface area contributed by atoms with Gasteiger partial charge in [-0.1, -0.05) is 30.8 Å². The van der Waals surface area contributed by atoms with Crippen LogP contribution in [0.15, 0.2) is 54.2 Å². The maximum absolute atomic E-state index is 11.8. The Kier molecular flexibility index (Phi) is 3.38. The summed E-state index contributed by atoms with van der Waals surface area (Å²) in [6.45, 7) is 3.44. The molecule has 2 aromatic rings. The molecular weight excluding hydrogens is 228 g/mol. The first-order valence-electron chi connectivity index (χ1n) is 5.38. The smallest absolute Gasteiger partial charge is 0.275 e. The number of rotatable bonds is 3. The molecule has 2 rings (SSSR count). The standard InChI is InChI=1S/C14H12N2O2/c1-2-7-15-16-14(18)12-8-10-5-3-4-6-11(10)9-13(12)17/h2-9,17H,1H2,(H,16,18). The van der Waals surface area contributed by atoms with Gasteiger partial charge in [0.15, 0.2) is 0 Å². The van der Waals surface area contributed by atoms with Gasteiger partial charge in [0.25, 0.3) is 5.91 Å². The third-order valence-electron chi connectivity index (χ3n) is 2.45. The predicted octanol–water partition coefficient (Wildman–Crippen LogP) is 2.45. The lowest BCUT2D eigenvalue weighted by atomic mass is 10.1. The summed E-state index contributed by atoms with van der Waals surface area (Å²) in [6.07, 6.45) is 2.80. The van der Waals surface area contributed by atoms with Crippen molar-refractivity contribution in [2.75, 3.05) is 0 Å². The van der Waals surface area contributed by atoms with Crippen LogP contribution in [0.3, 0.4) is 0 Å². The third-order valence-corrected chi connectivity index (χ3v) is 2.45. The fraction of sp³-hybridized carbons (Fsp3) is 0. The summed E-state index contributed by atoms with van der Waals surface area (Å²) < 4.78 is 0. The van der Waals surface area contributed by atoms with Crippen molar-refractivity contribution in [1.82, 2.24) is 5.43 Å². The van der Waals surface area contributed by atoms with E-state index in [2.05, 4.69) is 17.1 Å². The number of nitrogens with one attached hydrogen (secondary N) is 1. The second-order valence-electron chi connectivity index (χ2n) is 3.67. The van der Waals surface area contributed by atoms with Crippen molar-refractivity contribution in [2.24, 2.45) is 5.10 Å². The molecule has 2 N–H and O–H groups in total. The lowest BCUT2D eigenvalue weighted by Gasteiger charge is -2.05. The van der Waals surface area contributed by atoms with E-state index in [0.717, 1.165) is 10.8 Å². The summed E-state index contributed by atoms with van der Waals surface area (Å²) in [5.41, 5.74) is 2.49. The van der Waals surface area contributed by atoms with Crippen LogP contribution < -0.4 is 5.43 Å². The van der Waals surface area contributed by atoms with Gasteiger partial charge in [0.2, 0.25) is 0 Å². The largest absolute Gasteiger partial charge is 0.507 e. The van der Waals surface area contributed by atoms with Crippen LogP contribution in [0.1, 0.15) is 10.4 Å². The van der Waals surface area contributed by atoms with Gasteiger partial charge >= 0.3 is 0 Å². The number of carbonyl (C=O) groups is 1. The highest BCUT2D eigenvalue weighted by Gasteiger charge is 2.11. The molecule has 90 valence electrons. The van der Waals surface area contributed by atoms with E-state index in [1.165, 1.54) is 12.3 Å². The van der Waals surface area contributed by atoms with Gasteiger partial charge < -0.3 is 5.11 Å². The Morgan fingerprint density at radius 2 is 1.94 bits per heavy atom. The van der Waals surface area contributed by atoms with E-state index in [9.17, 15) is 9.90 Å². The summed E-state index contributed by atoms with van der Waals surface area (Å²) in [6, 6.07) is 10.7. The van der Waals surface area contributed by atoms with E-state index in [-0.39, 0.29) is 11.3 Å². The van der Waals surface area contributed by atoms with Gasteiger partial charge in [-0.25, -0.2) is 5.43 Å². The molecule has 4 nitrogen and oxygen atoms in total. The number of phenolic OH excluding ortho intramolecular Hbond substituents is 1. The van der Waals surface area contributed by atoms with Crippen LogP contribution in [0.5, 0.6) is 5.75 Å². The molecule has 18 heavy (non-hydrogen) atoms. The summed E-state index contributed by atoms with van der Waals surface area (Å²) >= 11 is 0. The summed E-state index contributed by atoms with van der Waals surface area (Å²) in [4.78, 5) is 11.8. The molecule has 1 amide bonds. The van der Waals surface area contributed by atoms with Gasteiger partial charge in [0.1, 0.15) is 5.75 Å². The van der Waals surface area contributed by atoms with Crippen LogP contribution in [0.2, 0.25) is 0 Å². The second-order valence-corrected chi connectivity index (χ2v) is 3.67. The molecule has 0 radical (unpaired) electrons. The Morgan fingerprint density at radius 1 is 1.28 bits per heavy atom. The molecule has 2 aromatic carbocycles. The first-order chi connectivity index (χ1) is 8.72. The van der Waals surface area contributed by atoms with E-state index in [4.69, 9.17) is 0 Å². The van der Waals surface area contributed by atoms with Crippen molar-refractivity contribution in [3.8, 4) is 5.75 Å². The van der Waals surface area contributed by atoms with Gasteiger partial charge in [0.05, 0.1) is 5.56 Å². The van der Waals surface area contributed by atoms with Gasteiger partial charge in [-0.3, -0.25) is 4.79 Å². The number of hydrogen-bond acceptors (Lipinski definition) is 3. The van der Waals surface area contributed by atoms with Gasteiger partial charge in [0, 0.05) is 6.21 Å². The minimum absolute atomic E-state index is 0.0694. The van der Waals surface area contributed by atoms with E-state index in [0.29, 0.717) is 0 Å². The average molecular weight is 240 g/mol. The first-order valence-corrected chi connectivity index (χ1v) is 5.38. The number of phenols is 1. The fourth-order valence-electron chi connectivity index (χ4n) is 1.62. The zero-order valence-electron chi connectivity index (χ0n) is 9.63. The number of allylic oxidation sites excluding steroid dienone is 1. The van der Waals surface area contributed by atoms with Crippen molar-refractivity contribution in [3.63, 3.8) is 0 Å². The average Bonchev–Trinajstić information content (AvgIpc) is 2.38. The zero-order valence-corrected chi connectivity index (χ0v) is 9.63. The van der Waals surface area contributed by atoms with Crippen LogP contribution >= 0.6 is 0 Å². The molecule has 4 heteroatoms. The predicted molar refractivity (Wildman–Crippen MR) is 71.8 cm³/mol. The first kappa shape index (κ1) is 11.9. The number of hydrazone groups is 1. The van der Waals surface area contributed by atoms with Crippen LogP contribution in [-0.4, -0.2) is 17.2 Å². The lowest BCUT2D eigenvalue weighted by molar-refractivity contribution is 0.0952. The molecule has 0 aliphatic rings. The number of nitrogens with zero attached hydrogens (tertiary/aromatic N) is 1. The SMILES string of the molecule is C=CC=NNC(=O)c1cc2ccccc2cc1O. The van der Waals surface area contributed by atoms with Crippen LogP contribution in [0.25, 0.3) is 10.8 Å². The number of hydrogen-bond donors (Lipinski definition) is 2. The Morgan fingerprint density at radius 3 is 2.61 bits per heavy atom. The number of benzene rings is 2. The fourth-order valence-corrected chi connectivity index (χ4v) is 1.62. The van der Waals surface area contributed by atoms with E-state index in [1.54, 1.807) is 12.1 Å². The quantitative estimate of drug-likeness (QED) is 0.639. The number of carbonyl (C=O) groups excluding carboxylic acids is 1.